The van der Waals surface area contributed by atoms with Crippen LogP contribution in [0.1, 0.15) is 25.3 Å². The molecule has 0 spiro atoms. The number of carbonyl (C=O) groups excluding carboxylic acids is 2. The fourth-order valence-corrected chi connectivity index (χ4v) is 1.85. The van der Waals surface area contributed by atoms with Crippen LogP contribution in [0.4, 0.5) is 4.79 Å². The number of aliphatic hydroxyl groups is 1. The van der Waals surface area contributed by atoms with Gasteiger partial charge in [0.1, 0.15) is 12.6 Å². The molecule has 0 aliphatic carbocycles. The molecule has 1 aromatic carbocycles. The van der Waals surface area contributed by atoms with Gasteiger partial charge in [0.25, 0.3) is 0 Å². The van der Waals surface area contributed by atoms with Gasteiger partial charge in [0, 0.05) is 6.54 Å². The highest BCUT2D eigenvalue weighted by Crippen LogP contribution is 2.01. The third-order valence-corrected chi connectivity index (χ3v) is 3.16. The van der Waals surface area contributed by atoms with Gasteiger partial charge in [0.05, 0.1) is 12.5 Å². The van der Waals surface area contributed by atoms with Gasteiger partial charge >= 0.3 is 12.1 Å². The van der Waals surface area contributed by atoms with Gasteiger partial charge in [0.15, 0.2) is 0 Å². The van der Waals surface area contributed by atoms with E-state index in [1.54, 1.807) is 19.1 Å². The highest BCUT2D eigenvalue weighted by atomic mass is 16.5. The van der Waals surface area contributed by atoms with E-state index < -0.39 is 30.1 Å². The molecule has 1 rings (SSSR count). The molecule has 8 nitrogen and oxygen atoms in total. The van der Waals surface area contributed by atoms with E-state index in [1.165, 1.54) is 0 Å². The number of aliphatic hydroxyl groups excluding tert-OH is 1. The largest absolute Gasteiger partial charge is 0.480 e. The summed E-state index contributed by atoms with van der Waals surface area (Å²) in [7, 11) is 0. The number of nitrogens with one attached hydrogen (secondary N) is 2. The predicted octanol–water partition coefficient (Wildman–Crippen LogP) is 0.643. The summed E-state index contributed by atoms with van der Waals surface area (Å²) in [5.41, 5.74) is 0.826. The summed E-state index contributed by atoms with van der Waals surface area (Å²) in [6.45, 7) is 1.55. The number of carboxylic acids is 1. The molecular weight excluding hydrogens is 316 g/mol. The molecule has 0 bridgehead atoms. The highest BCUT2D eigenvalue weighted by molar-refractivity contribution is 5.83. The Labute approximate surface area is 139 Å². The number of benzene rings is 1. The lowest BCUT2D eigenvalue weighted by Gasteiger charge is -2.15. The smallest absolute Gasteiger partial charge is 0.407 e. The highest BCUT2D eigenvalue weighted by Gasteiger charge is 2.19. The average molecular weight is 338 g/mol. The van der Waals surface area contributed by atoms with Gasteiger partial charge in [-0.25, -0.2) is 9.59 Å². The molecule has 0 heterocycles. The number of rotatable bonds is 9. The van der Waals surface area contributed by atoms with Crippen molar-refractivity contribution in [3.63, 3.8) is 0 Å². The van der Waals surface area contributed by atoms with Crippen LogP contribution in [0, 0.1) is 0 Å². The van der Waals surface area contributed by atoms with Crippen LogP contribution in [0.2, 0.25) is 0 Å². The first-order valence-corrected chi connectivity index (χ1v) is 7.57. The summed E-state index contributed by atoms with van der Waals surface area (Å²) in [6, 6.07) is 8.10. The summed E-state index contributed by atoms with van der Waals surface area (Å²) >= 11 is 0. The van der Waals surface area contributed by atoms with Crippen molar-refractivity contribution in [2.75, 3.05) is 6.54 Å². The Morgan fingerprint density at radius 1 is 1.21 bits per heavy atom. The fourth-order valence-electron chi connectivity index (χ4n) is 1.85. The quantitative estimate of drug-likeness (QED) is 0.524. The van der Waals surface area contributed by atoms with Gasteiger partial charge in [-0.3, -0.25) is 4.79 Å². The average Bonchev–Trinajstić information content (AvgIpc) is 2.56. The van der Waals surface area contributed by atoms with Crippen molar-refractivity contribution in [2.45, 2.75) is 38.5 Å². The van der Waals surface area contributed by atoms with Gasteiger partial charge in [-0.1, -0.05) is 37.3 Å². The molecule has 0 aliphatic heterocycles. The van der Waals surface area contributed by atoms with Crippen LogP contribution in [-0.2, 0) is 20.9 Å². The van der Waals surface area contributed by atoms with Crippen molar-refractivity contribution in [1.29, 1.82) is 0 Å². The fraction of sp³-hybridized carbons (Fsp3) is 0.438. The maximum atomic E-state index is 11.6. The van der Waals surface area contributed by atoms with Gasteiger partial charge < -0.3 is 25.6 Å². The van der Waals surface area contributed by atoms with Crippen molar-refractivity contribution in [3.05, 3.63) is 35.9 Å². The SMILES string of the molecule is CC[C@H](NC(=O)C[C@H](O)CNC(=O)OCc1ccccc1)C(=O)O. The zero-order chi connectivity index (χ0) is 17.9. The number of hydrogen-bond acceptors (Lipinski definition) is 5. The van der Waals surface area contributed by atoms with Crippen molar-refractivity contribution < 1.29 is 29.3 Å². The predicted molar refractivity (Wildman–Crippen MR) is 85.1 cm³/mol. The molecule has 132 valence electrons. The minimum Gasteiger partial charge on any atom is -0.480 e. The first kappa shape index (κ1) is 19.4. The molecule has 0 radical (unpaired) electrons. The monoisotopic (exact) mass is 338 g/mol. The standard InChI is InChI=1S/C16H22N2O6/c1-2-13(15(21)22)18-14(20)8-12(19)9-17-16(23)24-10-11-6-4-3-5-7-11/h3-7,12-13,19H,2,8-10H2,1H3,(H,17,23)(H,18,20)(H,21,22)/t12-,13-/m0/s1. The van der Waals surface area contributed by atoms with E-state index in [0.717, 1.165) is 5.56 Å². The number of alkyl carbamates (subject to hydrolysis) is 1. The number of aliphatic carboxylic acids is 1. The molecule has 0 aliphatic rings. The van der Waals surface area contributed by atoms with E-state index in [4.69, 9.17) is 9.84 Å². The Kier molecular flexibility index (Phi) is 8.28. The molecule has 0 fully saturated rings. The van der Waals surface area contributed by atoms with Crippen LogP contribution >= 0.6 is 0 Å². The molecule has 0 unspecified atom stereocenters. The van der Waals surface area contributed by atoms with E-state index in [0.29, 0.717) is 0 Å². The van der Waals surface area contributed by atoms with Gasteiger partial charge in [0.2, 0.25) is 5.91 Å². The molecule has 2 atom stereocenters. The van der Waals surface area contributed by atoms with Gasteiger partial charge in [-0.05, 0) is 12.0 Å². The van der Waals surface area contributed by atoms with E-state index >= 15 is 0 Å². The number of ether oxygens (including phenoxy) is 1. The summed E-state index contributed by atoms with van der Waals surface area (Å²) in [4.78, 5) is 33.9. The Bertz CT molecular complexity index is 549. The van der Waals surface area contributed by atoms with Gasteiger partial charge in [-0.15, -0.1) is 0 Å². The molecule has 24 heavy (non-hydrogen) atoms. The topological polar surface area (TPSA) is 125 Å². The summed E-state index contributed by atoms with van der Waals surface area (Å²) < 4.78 is 4.96. The van der Waals surface area contributed by atoms with Crippen LogP contribution in [0.25, 0.3) is 0 Å². The first-order valence-electron chi connectivity index (χ1n) is 7.57. The number of amides is 2. The zero-order valence-corrected chi connectivity index (χ0v) is 13.4. The zero-order valence-electron chi connectivity index (χ0n) is 13.4. The first-order chi connectivity index (χ1) is 11.4. The summed E-state index contributed by atoms with van der Waals surface area (Å²) in [6.07, 6.45) is -1.93. The molecule has 8 heteroatoms. The lowest BCUT2D eigenvalue weighted by atomic mass is 10.2. The van der Waals surface area contributed by atoms with E-state index in [2.05, 4.69) is 10.6 Å². The third-order valence-electron chi connectivity index (χ3n) is 3.16. The molecule has 0 saturated heterocycles. The second kappa shape index (κ2) is 10.2. The molecule has 1 aromatic rings. The van der Waals surface area contributed by atoms with Crippen LogP contribution < -0.4 is 10.6 Å². The summed E-state index contributed by atoms with van der Waals surface area (Å²) in [5.74, 6) is -1.74. The van der Waals surface area contributed by atoms with Crippen molar-refractivity contribution in [1.82, 2.24) is 10.6 Å². The second-order valence-corrected chi connectivity index (χ2v) is 5.17. The minimum atomic E-state index is -1.14. The number of hydrogen-bond donors (Lipinski definition) is 4. The lowest BCUT2D eigenvalue weighted by Crippen LogP contribution is -2.43. The molecule has 0 saturated carbocycles. The Morgan fingerprint density at radius 3 is 2.46 bits per heavy atom. The van der Waals surface area contributed by atoms with E-state index in [-0.39, 0.29) is 26.0 Å². The number of carbonyl (C=O) groups is 3. The Morgan fingerprint density at radius 2 is 1.88 bits per heavy atom. The maximum Gasteiger partial charge on any atom is 0.407 e. The minimum absolute atomic E-state index is 0.0973. The summed E-state index contributed by atoms with van der Waals surface area (Å²) in [5, 5.41) is 23.2. The lowest BCUT2D eigenvalue weighted by molar-refractivity contribution is -0.142. The molecular formula is C16H22N2O6. The Hall–Kier alpha value is -2.61. The van der Waals surface area contributed by atoms with Crippen LogP contribution in [0.15, 0.2) is 30.3 Å². The van der Waals surface area contributed by atoms with E-state index in [9.17, 15) is 19.5 Å². The molecule has 4 N–H and O–H groups in total. The third kappa shape index (κ3) is 7.59. The van der Waals surface area contributed by atoms with Crippen molar-refractivity contribution >= 4 is 18.0 Å². The molecule has 2 amide bonds. The van der Waals surface area contributed by atoms with Crippen molar-refractivity contribution in [2.24, 2.45) is 0 Å². The maximum absolute atomic E-state index is 11.6. The van der Waals surface area contributed by atoms with Crippen molar-refractivity contribution in [3.8, 4) is 0 Å². The van der Waals surface area contributed by atoms with E-state index in [1.807, 2.05) is 18.2 Å². The van der Waals surface area contributed by atoms with Gasteiger partial charge in [-0.2, -0.15) is 0 Å². The Balaban J connectivity index is 2.24. The normalized spacial score (nSPS) is 12.8. The number of carboxylic acid groups (broad SMARTS) is 1. The van der Waals surface area contributed by atoms with Crippen LogP contribution in [0.3, 0.4) is 0 Å². The second-order valence-electron chi connectivity index (χ2n) is 5.17. The van der Waals surface area contributed by atoms with Crippen LogP contribution in [0.5, 0.6) is 0 Å². The van der Waals surface area contributed by atoms with Crippen LogP contribution in [-0.4, -0.2) is 46.9 Å². The molecule has 0 aromatic heterocycles.